The molecule has 1 aromatic heterocycles. The van der Waals surface area contributed by atoms with E-state index in [4.69, 9.17) is 5.53 Å². The van der Waals surface area contributed by atoms with Gasteiger partial charge in [-0.2, -0.15) is 0 Å². The molecule has 1 aromatic rings. The van der Waals surface area contributed by atoms with Crippen molar-refractivity contribution < 1.29 is 4.79 Å². The first-order valence-electron chi connectivity index (χ1n) is 4.39. The number of ketones is 1. The Morgan fingerprint density at radius 1 is 1.67 bits per heavy atom. The van der Waals surface area contributed by atoms with Crippen molar-refractivity contribution >= 4 is 11.9 Å². The normalized spacial score (nSPS) is 9.93. The summed E-state index contributed by atoms with van der Waals surface area (Å²) in [6.07, 6.45) is 3.40. The number of hydrogen-bond donors (Lipinski definition) is 0. The molecule has 0 amide bonds. The summed E-state index contributed by atoms with van der Waals surface area (Å²) in [5.41, 5.74) is 9.15. The van der Waals surface area contributed by atoms with Crippen LogP contribution < -0.4 is 0 Å². The number of hydrogen-bond acceptors (Lipinski definition) is 3. The largest absolute Gasteiger partial charge is 0.293 e. The predicted octanol–water partition coefficient (Wildman–Crippen LogP) is 2.61. The third kappa shape index (κ3) is 3.62. The Bertz CT molecular complexity index is 433. The molecule has 0 atom stereocenters. The van der Waals surface area contributed by atoms with Gasteiger partial charge in [0, 0.05) is 18.4 Å². The zero-order valence-corrected chi connectivity index (χ0v) is 8.29. The van der Waals surface area contributed by atoms with Gasteiger partial charge in [0.25, 0.3) is 0 Å². The molecule has 0 saturated heterocycles. The standard InChI is InChI=1S/C10H10N4O/c1-8(15)10-6-2-4-9(13-10)5-3-7-12-14-11/h2-6H,7H2,1H3. The Morgan fingerprint density at radius 2 is 2.47 bits per heavy atom. The second-order valence-corrected chi connectivity index (χ2v) is 2.82. The third-order valence-electron chi connectivity index (χ3n) is 1.67. The van der Waals surface area contributed by atoms with Crippen LogP contribution in [-0.2, 0) is 0 Å². The molecule has 0 spiro atoms. The van der Waals surface area contributed by atoms with E-state index in [2.05, 4.69) is 15.0 Å². The lowest BCUT2D eigenvalue weighted by Crippen LogP contribution is -1.96. The summed E-state index contributed by atoms with van der Waals surface area (Å²) in [5.74, 6) is -0.0692. The van der Waals surface area contributed by atoms with E-state index in [0.29, 0.717) is 11.4 Å². The molecule has 0 radical (unpaired) electrons. The van der Waals surface area contributed by atoms with Crippen molar-refractivity contribution in [2.75, 3.05) is 6.54 Å². The molecular weight excluding hydrogens is 192 g/mol. The SMILES string of the molecule is CC(=O)c1cccc(C=CCN=[N+]=[N-])n1. The van der Waals surface area contributed by atoms with Crippen molar-refractivity contribution in [2.24, 2.45) is 5.11 Å². The van der Waals surface area contributed by atoms with Crippen LogP contribution in [0.5, 0.6) is 0 Å². The zero-order chi connectivity index (χ0) is 11.1. The first-order valence-corrected chi connectivity index (χ1v) is 4.39. The number of aromatic nitrogens is 1. The van der Waals surface area contributed by atoms with Crippen molar-refractivity contribution in [2.45, 2.75) is 6.92 Å². The third-order valence-corrected chi connectivity index (χ3v) is 1.67. The first kappa shape index (κ1) is 10.9. The van der Waals surface area contributed by atoms with Gasteiger partial charge in [-0.25, -0.2) is 4.98 Å². The highest BCUT2D eigenvalue weighted by Gasteiger charge is 1.99. The van der Waals surface area contributed by atoms with E-state index in [1.165, 1.54) is 6.92 Å². The lowest BCUT2D eigenvalue weighted by molar-refractivity contribution is 0.101. The fraction of sp³-hybridized carbons (Fsp3) is 0.200. The molecule has 0 bridgehead atoms. The quantitative estimate of drug-likeness (QED) is 0.325. The molecule has 76 valence electrons. The van der Waals surface area contributed by atoms with Crippen LogP contribution in [0.4, 0.5) is 0 Å². The molecule has 1 rings (SSSR count). The van der Waals surface area contributed by atoms with Crippen LogP contribution in [0.25, 0.3) is 16.5 Å². The minimum Gasteiger partial charge on any atom is -0.293 e. The summed E-state index contributed by atoms with van der Waals surface area (Å²) in [6, 6.07) is 5.20. The van der Waals surface area contributed by atoms with Crippen molar-refractivity contribution in [3.8, 4) is 0 Å². The van der Waals surface area contributed by atoms with Gasteiger partial charge in [-0.1, -0.05) is 17.3 Å². The Hall–Kier alpha value is -2.13. The molecule has 15 heavy (non-hydrogen) atoms. The van der Waals surface area contributed by atoms with Crippen LogP contribution in [-0.4, -0.2) is 17.3 Å². The molecular formula is C10H10N4O. The monoisotopic (exact) mass is 202 g/mol. The van der Waals surface area contributed by atoms with Gasteiger partial charge in [-0.3, -0.25) is 4.79 Å². The van der Waals surface area contributed by atoms with Crippen LogP contribution in [0.2, 0.25) is 0 Å². The maximum Gasteiger partial charge on any atom is 0.178 e. The van der Waals surface area contributed by atoms with Gasteiger partial charge < -0.3 is 0 Å². The molecule has 5 heteroatoms. The molecule has 0 unspecified atom stereocenters. The highest BCUT2D eigenvalue weighted by Crippen LogP contribution is 2.02. The number of carbonyl (C=O) groups is 1. The average Bonchev–Trinajstić information content (AvgIpc) is 2.25. The molecule has 0 N–H and O–H groups in total. The summed E-state index contributed by atoms with van der Waals surface area (Å²) < 4.78 is 0. The topological polar surface area (TPSA) is 78.7 Å². The number of nitrogens with zero attached hydrogens (tertiary/aromatic N) is 4. The van der Waals surface area contributed by atoms with Crippen LogP contribution in [0, 0.1) is 0 Å². The summed E-state index contributed by atoms with van der Waals surface area (Å²) in [7, 11) is 0. The van der Waals surface area contributed by atoms with Gasteiger partial charge in [-0.05, 0) is 23.7 Å². The summed E-state index contributed by atoms with van der Waals surface area (Å²) in [4.78, 5) is 17.7. The van der Waals surface area contributed by atoms with E-state index in [1.807, 2.05) is 0 Å². The van der Waals surface area contributed by atoms with E-state index in [0.717, 1.165) is 0 Å². The predicted molar refractivity (Wildman–Crippen MR) is 57.3 cm³/mol. The van der Waals surface area contributed by atoms with Gasteiger partial charge in [-0.15, -0.1) is 0 Å². The summed E-state index contributed by atoms with van der Waals surface area (Å²) in [5, 5.41) is 3.34. The number of carbonyl (C=O) groups excluding carboxylic acids is 1. The van der Waals surface area contributed by atoms with Crippen molar-refractivity contribution in [1.29, 1.82) is 0 Å². The Labute approximate surface area is 87.1 Å². The Balaban J connectivity index is 2.77. The van der Waals surface area contributed by atoms with Crippen LogP contribution in [0.15, 0.2) is 29.4 Å². The van der Waals surface area contributed by atoms with E-state index in [1.54, 1.807) is 30.4 Å². The van der Waals surface area contributed by atoms with Crippen molar-refractivity contribution in [3.63, 3.8) is 0 Å². The summed E-state index contributed by atoms with van der Waals surface area (Å²) in [6.45, 7) is 1.75. The second kappa shape index (κ2) is 5.57. The highest BCUT2D eigenvalue weighted by molar-refractivity contribution is 5.92. The Kier molecular flexibility index (Phi) is 4.06. The molecule has 0 aromatic carbocycles. The highest BCUT2D eigenvalue weighted by atomic mass is 16.1. The second-order valence-electron chi connectivity index (χ2n) is 2.82. The zero-order valence-electron chi connectivity index (χ0n) is 8.29. The fourth-order valence-corrected chi connectivity index (χ4v) is 0.997. The van der Waals surface area contributed by atoms with Crippen molar-refractivity contribution in [1.82, 2.24) is 4.98 Å². The number of Topliss-reactive ketones (excluding diaryl/α,β-unsaturated/α-hetero) is 1. The van der Waals surface area contributed by atoms with Crippen LogP contribution in [0.3, 0.4) is 0 Å². The maximum absolute atomic E-state index is 11.0. The van der Waals surface area contributed by atoms with Gasteiger partial charge in [0.15, 0.2) is 5.78 Å². The van der Waals surface area contributed by atoms with Gasteiger partial charge >= 0.3 is 0 Å². The summed E-state index contributed by atoms with van der Waals surface area (Å²) >= 11 is 0. The van der Waals surface area contributed by atoms with Crippen LogP contribution >= 0.6 is 0 Å². The lowest BCUT2D eigenvalue weighted by Gasteiger charge is -1.96. The lowest BCUT2D eigenvalue weighted by atomic mass is 10.2. The molecule has 0 aliphatic carbocycles. The first-order chi connectivity index (χ1) is 7.24. The van der Waals surface area contributed by atoms with Crippen LogP contribution in [0.1, 0.15) is 23.1 Å². The van der Waals surface area contributed by atoms with E-state index in [-0.39, 0.29) is 12.3 Å². The number of azide groups is 1. The fourth-order valence-electron chi connectivity index (χ4n) is 0.997. The van der Waals surface area contributed by atoms with Gasteiger partial charge in [0.05, 0.1) is 5.69 Å². The minimum absolute atomic E-state index is 0.0692. The van der Waals surface area contributed by atoms with E-state index in [9.17, 15) is 4.79 Å². The number of rotatable bonds is 4. The maximum atomic E-state index is 11.0. The molecule has 0 saturated carbocycles. The van der Waals surface area contributed by atoms with Gasteiger partial charge in [0.1, 0.15) is 5.69 Å². The average molecular weight is 202 g/mol. The molecule has 0 fully saturated rings. The van der Waals surface area contributed by atoms with Crippen molar-refractivity contribution in [3.05, 3.63) is 46.1 Å². The minimum atomic E-state index is -0.0692. The number of pyridine rings is 1. The molecule has 1 heterocycles. The van der Waals surface area contributed by atoms with E-state index >= 15 is 0 Å². The molecule has 0 aliphatic heterocycles. The van der Waals surface area contributed by atoms with E-state index < -0.39 is 0 Å². The molecule has 5 nitrogen and oxygen atoms in total. The smallest absolute Gasteiger partial charge is 0.178 e. The van der Waals surface area contributed by atoms with Gasteiger partial charge in [0.2, 0.25) is 0 Å². The Morgan fingerprint density at radius 3 is 3.13 bits per heavy atom. The molecule has 0 aliphatic rings.